The number of nitrogens with zero attached hydrogens (tertiary/aromatic N) is 3. The SMILES string of the molecule is NC1=N[C@H](c2ccc(OCCO)cc2Br)n2c(nc3ccccc32)N1. The third-order valence-electron chi connectivity index (χ3n) is 3.95. The Balaban J connectivity index is 1.81. The molecule has 0 saturated carbocycles. The van der Waals surface area contributed by atoms with E-state index in [2.05, 4.69) is 31.2 Å². The number of ether oxygens (including phenoxy) is 1. The van der Waals surface area contributed by atoms with Gasteiger partial charge in [-0.3, -0.25) is 9.88 Å². The van der Waals surface area contributed by atoms with E-state index in [4.69, 9.17) is 15.6 Å². The Labute approximate surface area is 152 Å². The van der Waals surface area contributed by atoms with E-state index in [-0.39, 0.29) is 19.4 Å². The van der Waals surface area contributed by atoms with Crippen LogP contribution >= 0.6 is 15.9 Å². The largest absolute Gasteiger partial charge is 0.491 e. The number of anilines is 1. The fraction of sp³-hybridized carbons (Fsp3) is 0.176. The van der Waals surface area contributed by atoms with Crippen LogP contribution in [0.25, 0.3) is 11.0 Å². The summed E-state index contributed by atoms with van der Waals surface area (Å²) in [4.78, 5) is 9.15. The van der Waals surface area contributed by atoms with Crippen molar-refractivity contribution < 1.29 is 9.84 Å². The molecule has 7 nitrogen and oxygen atoms in total. The van der Waals surface area contributed by atoms with Crippen molar-refractivity contribution in [3.05, 3.63) is 52.5 Å². The van der Waals surface area contributed by atoms with Gasteiger partial charge in [0, 0.05) is 10.0 Å². The minimum atomic E-state index is -0.343. The fourth-order valence-corrected chi connectivity index (χ4v) is 3.46. The van der Waals surface area contributed by atoms with E-state index in [1.165, 1.54) is 0 Å². The molecule has 1 aliphatic rings. The van der Waals surface area contributed by atoms with Crippen LogP contribution in [0.3, 0.4) is 0 Å². The number of imidazole rings is 1. The summed E-state index contributed by atoms with van der Waals surface area (Å²) in [5.41, 5.74) is 8.74. The van der Waals surface area contributed by atoms with Gasteiger partial charge in [0.1, 0.15) is 12.4 Å². The maximum atomic E-state index is 8.89. The molecule has 128 valence electrons. The second-order valence-corrected chi connectivity index (χ2v) is 6.42. The van der Waals surface area contributed by atoms with E-state index in [1.807, 2.05) is 47.0 Å². The zero-order valence-corrected chi connectivity index (χ0v) is 14.8. The van der Waals surface area contributed by atoms with Crippen LogP contribution in [0.4, 0.5) is 5.95 Å². The maximum absolute atomic E-state index is 8.89. The van der Waals surface area contributed by atoms with Crippen molar-refractivity contribution >= 4 is 38.9 Å². The molecule has 2 heterocycles. The molecule has 4 rings (SSSR count). The van der Waals surface area contributed by atoms with Crippen molar-refractivity contribution in [2.24, 2.45) is 10.7 Å². The van der Waals surface area contributed by atoms with Gasteiger partial charge in [0.2, 0.25) is 5.95 Å². The number of benzene rings is 2. The number of rotatable bonds is 4. The van der Waals surface area contributed by atoms with E-state index in [1.54, 1.807) is 0 Å². The first kappa shape index (κ1) is 15.9. The highest BCUT2D eigenvalue weighted by Crippen LogP contribution is 2.36. The summed E-state index contributed by atoms with van der Waals surface area (Å²) in [6.07, 6.45) is -0.343. The quantitative estimate of drug-likeness (QED) is 0.623. The number of aliphatic imine (C=N–C) groups is 1. The summed E-state index contributed by atoms with van der Waals surface area (Å²) in [6.45, 7) is 0.222. The molecule has 0 fully saturated rings. The van der Waals surface area contributed by atoms with Gasteiger partial charge in [-0.1, -0.05) is 34.1 Å². The summed E-state index contributed by atoms with van der Waals surface area (Å²) in [7, 11) is 0. The molecule has 0 saturated heterocycles. The van der Waals surface area contributed by atoms with E-state index >= 15 is 0 Å². The molecule has 0 spiro atoms. The zero-order chi connectivity index (χ0) is 17.4. The molecule has 1 atom stereocenters. The number of nitrogens with two attached hydrogens (primary N) is 1. The summed E-state index contributed by atoms with van der Waals surface area (Å²) in [5, 5.41) is 11.9. The van der Waals surface area contributed by atoms with Gasteiger partial charge in [-0.15, -0.1) is 0 Å². The monoisotopic (exact) mass is 401 g/mol. The number of nitrogens with one attached hydrogen (secondary N) is 1. The van der Waals surface area contributed by atoms with Crippen LogP contribution in [0, 0.1) is 0 Å². The molecule has 1 aliphatic heterocycles. The lowest BCUT2D eigenvalue weighted by molar-refractivity contribution is 0.201. The Morgan fingerprint density at radius 1 is 1.28 bits per heavy atom. The maximum Gasteiger partial charge on any atom is 0.212 e. The summed E-state index contributed by atoms with van der Waals surface area (Å²) < 4.78 is 8.31. The molecule has 0 aliphatic carbocycles. The number of guanidine groups is 1. The molecule has 4 N–H and O–H groups in total. The predicted octanol–water partition coefficient (Wildman–Crippen LogP) is 2.46. The van der Waals surface area contributed by atoms with Crippen molar-refractivity contribution in [3.63, 3.8) is 0 Å². The smallest absolute Gasteiger partial charge is 0.212 e. The molecule has 1 aromatic heterocycles. The molecule has 2 aromatic carbocycles. The molecule has 0 radical (unpaired) electrons. The number of para-hydroxylation sites is 2. The van der Waals surface area contributed by atoms with Crippen LogP contribution in [0.15, 0.2) is 51.9 Å². The van der Waals surface area contributed by atoms with Gasteiger partial charge in [-0.25, -0.2) is 9.98 Å². The van der Waals surface area contributed by atoms with Crippen molar-refractivity contribution in [2.45, 2.75) is 6.17 Å². The predicted molar refractivity (Wildman–Crippen MR) is 99.8 cm³/mol. The van der Waals surface area contributed by atoms with E-state index in [0.717, 1.165) is 21.1 Å². The fourth-order valence-electron chi connectivity index (χ4n) is 2.90. The number of hydrogen-bond donors (Lipinski definition) is 3. The molecule has 3 aromatic rings. The Morgan fingerprint density at radius 3 is 2.92 bits per heavy atom. The summed E-state index contributed by atoms with van der Waals surface area (Å²) >= 11 is 3.59. The van der Waals surface area contributed by atoms with Gasteiger partial charge in [-0.2, -0.15) is 0 Å². The van der Waals surface area contributed by atoms with Crippen LogP contribution in [-0.4, -0.2) is 33.8 Å². The second-order valence-electron chi connectivity index (χ2n) is 5.56. The molecule has 0 unspecified atom stereocenters. The molecule has 25 heavy (non-hydrogen) atoms. The average Bonchev–Trinajstić information content (AvgIpc) is 2.97. The molecule has 0 bridgehead atoms. The molecular formula is C17H16BrN5O2. The number of aliphatic hydroxyl groups excluding tert-OH is 1. The third-order valence-corrected chi connectivity index (χ3v) is 4.64. The standard InChI is InChI=1S/C17H16BrN5O2/c18-12-9-10(25-8-7-24)5-6-11(12)15-21-16(19)22-17-20-13-3-1-2-4-14(13)23(15)17/h1-6,9,15,24H,7-8H2,(H3,19,20,21,22)/t15-/m0/s1. The number of fused-ring (bicyclic) bond motifs is 3. The van der Waals surface area contributed by atoms with Crippen LogP contribution in [0.2, 0.25) is 0 Å². The van der Waals surface area contributed by atoms with Crippen molar-refractivity contribution in [3.8, 4) is 5.75 Å². The van der Waals surface area contributed by atoms with Gasteiger partial charge < -0.3 is 15.6 Å². The van der Waals surface area contributed by atoms with E-state index in [9.17, 15) is 0 Å². The first-order valence-electron chi connectivity index (χ1n) is 7.78. The van der Waals surface area contributed by atoms with Crippen molar-refractivity contribution in [1.82, 2.24) is 9.55 Å². The van der Waals surface area contributed by atoms with E-state index in [0.29, 0.717) is 17.7 Å². The second kappa shape index (κ2) is 6.38. The number of hydrogen-bond acceptors (Lipinski definition) is 6. The van der Waals surface area contributed by atoms with Crippen LogP contribution < -0.4 is 15.8 Å². The Hall–Kier alpha value is -2.58. The lowest BCUT2D eigenvalue weighted by Crippen LogP contribution is -2.31. The van der Waals surface area contributed by atoms with Gasteiger partial charge in [-0.05, 0) is 24.3 Å². The van der Waals surface area contributed by atoms with Gasteiger partial charge in [0.15, 0.2) is 12.1 Å². The zero-order valence-electron chi connectivity index (χ0n) is 13.2. The minimum Gasteiger partial charge on any atom is -0.491 e. The van der Waals surface area contributed by atoms with Crippen LogP contribution in [0.1, 0.15) is 11.7 Å². The van der Waals surface area contributed by atoms with Gasteiger partial charge in [0.05, 0.1) is 17.6 Å². The third kappa shape index (κ3) is 2.83. The molecule has 8 heteroatoms. The number of halogens is 1. The Kier molecular flexibility index (Phi) is 4.06. The highest BCUT2D eigenvalue weighted by atomic mass is 79.9. The minimum absolute atomic E-state index is 0.0289. The van der Waals surface area contributed by atoms with Crippen LogP contribution in [-0.2, 0) is 0 Å². The first-order valence-corrected chi connectivity index (χ1v) is 8.57. The Bertz CT molecular complexity index is 969. The topological polar surface area (TPSA) is 97.7 Å². The lowest BCUT2D eigenvalue weighted by atomic mass is 10.1. The van der Waals surface area contributed by atoms with Crippen LogP contribution in [0.5, 0.6) is 5.75 Å². The first-order chi connectivity index (χ1) is 12.2. The number of aromatic nitrogens is 2. The Morgan fingerprint density at radius 2 is 2.12 bits per heavy atom. The van der Waals surface area contributed by atoms with Crippen molar-refractivity contribution in [2.75, 3.05) is 18.5 Å². The molecular weight excluding hydrogens is 386 g/mol. The lowest BCUT2D eigenvalue weighted by Gasteiger charge is -2.24. The average molecular weight is 402 g/mol. The van der Waals surface area contributed by atoms with E-state index < -0.39 is 0 Å². The summed E-state index contributed by atoms with van der Waals surface area (Å²) in [5.74, 6) is 1.65. The van der Waals surface area contributed by atoms with Crippen molar-refractivity contribution in [1.29, 1.82) is 0 Å². The highest BCUT2D eigenvalue weighted by Gasteiger charge is 2.26. The highest BCUT2D eigenvalue weighted by molar-refractivity contribution is 9.10. The van der Waals surface area contributed by atoms with Gasteiger partial charge >= 0.3 is 0 Å². The molecule has 0 amide bonds. The van der Waals surface area contributed by atoms with Gasteiger partial charge in [0.25, 0.3) is 0 Å². The summed E-state index contributed by atoms with van der Waals surface area (Å²) in [6, 6.07) is 13.5. The number of aliphatic hydroxyl groups is 1. The normalized spacial score (nSPS) is 16.2.